The van der Waals surface area contributed by atoms with Crippen LogP contribution >= 0.6 is 0 Å². The lowest BCUT2D eigenvalue weighted by Gasteiger charge is -2.09. The summed E-state index contributed by atoms with van der Waals surface area (Å²) < 4.78 is 14.8. The van der Waals surface area contributed by atoms with E-state index in [-0.39, 0.29) is 11.9 Å². The van der Waals surface area contributed by atoms with Gasteiger partial charge in [0, 0.05) is 6.61 Å². The molecule has 0 rings (SSSR count). The Bertz CT molecular complexity index is 136. The van der Waals surface area contributed by atoms with E-state index in [1.165, 1.54) is 7.11 Å². The molecule has 0 spiro atoms. The molecule has 0 amide bonds. The Kier molecular flexibility index (Phi) is 7.63. The molecule has 4 heteroatoms. The molecule has 0 aromatic heterocycles. The van der Waals surface area contributed by atoms with Crippen molar-refractivity contribution in [2.45, 2.75) is 13.8 Å². The summed E-state index contributed by atoms with van der Waals surface area (Å²) in [7, 11) is 1.37. The molecule has 1 atom stereocenters. The van der Waals surface area contributed by atoms with Crippen molar-refractivity contribution in [3.8, 4) is 0 Å². The molecule has 4 nitrogen and oxygen atoms in total. The van der Waals surface area contributed by atoms with Crippen LogP contribution < -0.4 is 0 Å². The van der Waals surface area contributed by atoms with Gasteiger partial charge in [0.05, 0.1) is 32.8 Å². The molecule has 0 heterocycles. The highest BCUT2D eigenvalue weighted by Gasteiger charge is 2.12. The Morgan fingerprint density at radius 2 is 1.92 bits per heavy atom. The van der Waals surface area contributed by atoms with E-state index >= 15 is 0 Å². The van der Waals surface area contributed by atoms with E-state index in [0.29, 0.717) is 26.4 Å². The van der Waals surface area contributed by atoms with E-state index in [2.05, 4.69) is 4.74 Å². The van der Waals surface area contributed by atoms with Crippen LogP contribution in [0.2, 0.25) is 0 Å². The van der Waals surface area contributed by atoms with Crippen LogP contribution in [-0.4, -0.2) is 39.5 Å². The highest BCUT2D eigenvalue weighted by molar-refractivity contribution is 5.71. The van der Waals surface area contributed by atoms with Gasteiger partial charge in [-0.2, -0.15) is 0 Å². The van der Waals surface area contributed by atoms with Crippen LogP contribution in [-0.2, 0) is 19.0 Å². The summed E-state index contributed by atoms with van der Waals surface area (Å²) in [5, 5.41) is 0. The van der Waals surface area contributed by atoms with Crippen LogP contribution in [0.3, 0.4) is 0 Å². The van der Waals surface area contributed by atoms with E-state index in [4.69, 9.17) is 9.47 Å². The van der Waals surface area contributed by atoms with Crippen LogP contribution in [0.5, 0.6) is 0 Å². The molecule has 0 fully saturated rings. The molecule has 0 aliphatic rings. The van der Waals surface area contributed by atoms with Crippen LogP contribution in [0.4, 0.5) is 0 Å². The summed E-state index contributed by atoms with van der Waals surface area (Å²) in [4.78, 5) is 10.9. The molecule has 78 valence electrons. The van der Waals surface area contributed by atoms with Crippen molar-refractivity contribution in [3.05, 3.63) is 0 Å². The van der Waals surface area contributed by atoms with Gasteiger partial charge in [0.25, 0.3) is 0 Å². The molecular weight excluding hydrogens is 172 g/mol. The summed E-state index contributed by atoms with van der Waals surface area (Å²) in [6.07, 6.45) is 0. The maximum Gasteiger partial charge on any atom is 0.310 e. The van der Waals surface area contributed by atoms with Crippen molar-refractivity contribution < 1.29 is 19.0 Å². The second-order valence-corrected chi connectivity index (χ2v) is 2.70. The monoisotopic (exact) mass is 190 g/mol. The Hall–Kier alpha value is -0.610. The predicted octanol–water partition coefficient (Wildman–Crippen LogP) is 0.849. The number of carbonyl (C=O) groups excluding carboxylic acids is 1. The number of hydrogen-bond acceptors (Lipinski definition) is 4. The first-order valence-corrected chi connectivity index (χ1v) is 4.45. The molecule has 0 bridgehead atoms. The molecule has 0 aromatic rings. The second-order valence-electron chi connectivity index (χ2n) is 2.70. The SMILES string of the molecule is CCOCCOC[C@@H](C)C(=O)OC. The maximum atomic E-state index is 10.9. The van der Waals surface area contributed by atoms with Crippen molar-refractivity contribution in [2.24, 2.45) is 5.92 Å². The normalized spacial score (nSPS) is 12.5. The number of methoxy groups -OCH3 is 1. The molecule has 0 aliphatic heterocycles. The van der Waals surface area contributed by atoms with Crippen LogP contribution in [0, 0.1) is 5.92 Å². The first kappa shape index (κ1) is 12.4. The average molecular weight is 190 g/mol. The van der Waals surface area contributed by atoms with Crippen molar-refractivity contribution in [1.82, 2.24) is 0 Å². The number of hydrogen-bond donors (Lipinski definition) is 0. The predicted molar refractivity (Wildman–Crippen MR) is 48.5 cm³/mol. The number of esters is 1. The van der Waals surface area contributed by atoms with Gasteiger partial charge < -0.3 is 14.2 Å². The molecule has 0 unspecified atom stereocenters. The van der Waals surface area contributed by atoms with Gasteiger partial charge >= 0.3 is 5.97 Å². The van der Waals surface area contributed by atoms with Crippen LogP contribution in [0.15, 0.2) is 0 Å². The van der Waals surface area contributed by atoms with Gasteiger partial charge in [-0.25, -0.2) is 0 Å². The van der Waals surface area contributed by atoms with Gasteiger partial charge in [0.1, 0.15) is 0 Å². The fraction of sp³-hybridized carbons (Fsp3) is 0.889. The zero-order valence-electron chi connectivity index (χ0n) is 8.54. The third-order valence-corrected chi connectivity index (χ3v) is 1.55. The summed E-state index contributed by atoms with van der Waals surface area (Å²) >= 11 is 0. The van der Waals surface area contributed by atoms with Gasteiger partial charge in [0.2, 0.25) is 0 Å². The minimum Gasteiger partial charge on any atom is -0.469 e. The van der Waals surface area contributed by atoms with Crippen molar-refractivity contribution >= 4 is 5.97 Å². The van der Waals surface area contributed by atoms with Crippen LogP contribution in [0.25, 0.3) is 0 Å². The minimum absolute atomic E-state index is 0.202. The molecule has 0 aromatic carbocycles. The Balaban J connectivity index is 3.26. The van der Waals surface area contributed by atoms with Crippen molar-refractivity contribution in [3.63, 3.8) is 0 Å². The smallest absolute Gasteiger partial charge is 0.310 e. The van der Waals surface area contributed by atoms with Gasteiger partial charge in [-0.05, 0) is 13.8 Å². The molecule has 0 saturated carbocycles. The maximum absolute atomic E-state index is 10.9. The number of carbonyl (C=O) groups is 1. The van der Waals surface area contributed by atoms with Gasteiger partial charge in [-0.3, -0.25) is 4.79 Å². The van der Waals surface area contributed by atoms with E-state index in [1.54, 1.807) is 6.92 Å². The third kappa shape index (κ3) is 6.54. The van der Waals surface area contributed by atoms with Crippen LogP contribution in [0.1, 0.15) is 13.8 Å². The summed E-state index contributed by atoms with van der Waals surface area (Å²) in [5.41, 5.74) is 0. The Morgan fingerprint density at radius 1 is 1.31 bits per heavy atom. The average Bonchev–Trinajstić information content (AvgIpc) is 2.16. The Morgan fingerprint density at radius 3 is 2.46 bits per heavy atom. The quantitative estimate of drug-likeness (QED) is 0.441. The largest absolute Gasteiger partial charge is 0.469 e. The zero-order valence-corrected chi connectivity index (χ0v) is 8.54. The third-order valence-electron chi connectivity index (χ3n) is 1.55. The summed E-state index contributed by atoms with van der Waals surface area (Å²) in [5.74, 6) is -0.442. The van der Waals surface area contributed by atoms with Gasteiger partial charge in [0.15, 0.2) is 0 Å². The van der Waals surface area contributed by atoms with E-state index < -0.39 is 0 Å². The lowest BCUT2D eigenvalue weighted by atomic mass is 10.2. The number of rotatable bonds is 7. The molecule has 0 N–H and O–H groups in total. The molecular formula is C9H18O4. The topological polar surface area (TPSA) is 44.8 Å². The van der Waals surface area contributed by atoms with Crippen molar-refractivity contribution in [1.29, 1.82) is 0 Å². The molecule has 0 saturated heterocycles. The number of ether oxygens (including phenoxy) is 3. The molecule has 0 radical (unpaired) electrons. The van der Waals surface area contributed by atoms with E-state index in [9.17, 15) is 4.79 Å². The minimum atomic E-state index is -0.239. The lowest BCUT2D eigenvalue weighted by molar-refractivity contribution is -0.147. The lowest BCUT2D eigenvalue weighted by Crippen LogP contribution is -2.19. The Labute approximate surface area is 79.2 Å². The van der Waals surface area contributed by atoms with Gasteiger partial charge in [-0.1, -0.05) is 0 Å². The first-order valence-electron chi connectivity index (χ1n) is 4.45. The molecule has 13 heavy (non-hydrogen) atoms. The summed E-state index contributed by atoms with van der Waals surface area (Å²) in [6.45, 7) is 5.87. The molecule has 0 aliphatic carbocycles. The van der Waals surface area contributed by atoms with Gasteiger partial charge in [-0.15, -0.1) is 0 Å². The highest BCUT2D eigenvalue weighted by atomic mass is 16.5. The standard InChI is InChI=1S/C9H18O4/c1-4-12-5-6-13-7-8(2)9(10)11-3/h8H,4-7H2,1-3H3/t8-/m1/s1. The summed E-state index contributed by atoms with van der Waals surface area (Å²) in [6, 6.07) is 0. The fourth-order valence-electron chi connectivity index (χ4n) is 0.792. The zero-order chi connectivity index (χ0) is 10.1. The van der Waals surface area contributed by atoms with E-state index in [1.807, 2.05) is 6.92 Å². The second kappa shape index (κ2) is 8.01. The first-order chi connectivity index (χ1) is 6.22. The highest BCUT2D eigenvalue weighted by Crippen LogP contribution is 1.97. The fourth-order valence-corrected chi connectivity index (χ4v) is 0.792. The van der Waals surface area contributed by atoms with Crippen molar-refractivity contribution in [2.75, 3.05) is 33.5 Å². The van der Waals surface area contributed by atoms with E-state index in [0.717, 1.165) is 0 Å².